The molecule has 0 aromatic heterocycles. The van der Waals surface area contributed by atoms with E-state index in [0.717, 1.165) is 5.56 Å². The average Bonchev–Trinajstić information content (AvgIpc) is 3.07. The Labute approximate surface area is 160 Å². The number of hydrogen-bond donors (Lipinski definition) is 0. The minimum Gasteiger partial charge on any atom is -0.453 e. The first kappa shape index (κ1) is 17.6. The van der Waals surface area contributed by atoms with E-state index < -0.39 is 18.0 Å². The van der Waals surface area contributed by atoms with Crippen LogP contribution in [0.1, 0.15) is 5.56 Å². The second-order valence-corrected chi connectivity index (χ2v) is 6.77. The molecular weight excluding hydrogens is 375 g/mol. The van der Waals surface area contributed by atoms with Crippen LogP contribution in [-0.4, -0.2) is 43.1 Å². The summed E-state index contributed by atoms with van der Waals surface area (Å²) in [5.74, 6) is -0.159. The molecule has 1 atom stereocenters. The monoisotopic (exact) mass is 390 g/mol. The summed E-state index contributed by atoms with van der Waals surface area (Å²) in [6.45, 7) is 0.661. The van der Waals surface area contributed by atoms with Gasteiger partial charge in [-0.2, -0.15) is 0 Å². The van der Waals surface area contributed by atoms with Gasteiger partial charge in [0.2, 0.25) is 5.91 Å². The van der Waals surface area contributed by atoms with Crippen LogP contribution < -0.4 is 9.64 Å². The molecule has 2 heterocycles. The third-order valence-electron chi connectivity index (χ3n) is 4.73. The summed E-state index contributed by atoms with van der Waals surface area (Å²) < 4.78 is 24.3. The van der Waals surface area contributed by atoms with Crippen LogP contribution in [-0.2, 0) is 16.0 Å². The van der Waals surface area contributed by atoms with Crippen molar-refractivity contribution in [3.8, 4) is 11.5 Å². The normalized spacial score (nSPS) is 19.1. The van der Waals surface area contributed by atoms with Gasteiger partial charge in [-0.15, -0.1) is 0 Å². The lowest BCUT2D eigenvalue weighted by molar-refractivity contribution is -0.122. The van der Waals surface area contributed by atoms with E-state index in [1.54, 1.807) is 19.2 Å². The Morgan fingerprint density at radius 1 is 1.22 bits per heavy atom. The predicted molar refractivity (Wildman–Crippen MR) is 96.9 cm³/mol. The van der Waals surface area contributed by atoms with Gasteiger partial charge in [0.05, 0.1) is 17.3 Å². The van der Waals surface area contributed by atoms with Gasteiger partial charge in [0, 0.05) is 19.5 Å². The van der Waals surface area contributed by atoms with Crippen LogP contribution in [0.2, 0.25) is 5.02 Å². The second-order valence-electron chi connectivity index (χ2n) is 6.37. The molecule has 27 heavy (non-hydrogen) atoms. The number of benzene rings is 2. The summed E-state index contributed by atoms with van der Waals surface area (Å²) in [6.07, 6.45) is -0.133. The summed E-state index contributed by atoms with van der Waals surface area (Å²) >= 11 is 6.09. The Kier molecular flexibility index (Phi) is 4.39. The number of amides is 2. The maximum absolute atomic E-state index is 13.5. The molecule has 140 valence electrons. The summed E-state index contributed by atoms with van der Waals surface area (Å²) in [5, 5.41) is 0.261. The molecule has 0 spiro atoms. The van der Waals surface area contributed by atoms with Gasteiger partial charge in [0.15, 0.2) is 5.75 Å². The van der Waals surface area contributed by atoms with Crippen LogP contribution in [0.5, 0.6) is 11.5 Å². The molecule has 0 N–H and O–H groups in total. The van der Waals surface area contributed by atoms with E-state index in [1.165, 1.54) is 28.0 Å². The van der Waals surface area contributed by atoms with Crippen molar-refractivity contribution >= 4 is 29.3 Å². The zero-order valence-electron chi connectivity index (χ0n) is 14.4. The topological polar surface area (TPSA) is 59.1 Å². The third kappa shape index (κ3) is 3.08. The number of likely N-dealkylation sites (N-methyl/N-ethyl adjacent to an activating group) is 1. The molecule has 1 fully saturated rings. The Balaban J connectivity index is 1.70. The number of cyclic esters (lactones) is 1. The Morgan fingerprint density at radius 2 is 2.04 bits per heavy atom. The average molecular weight is 391 g/mol. The smallest absolute Gasteiger partial charge is 0.410 e. The van der Waals surface area contributed by atoms with Crippen LogP contribution in [0.15, 0.2) is 36.4 Å². The van der Waals surface area contributed by atoms with Gasteiger partial charge in [0.1, 0.15) is 24.2 Å². The summed E-state index contributed by atoms with van der Waals surface area (Å²) in [4.78, 5) is 27.7. The number of nitrogens with zero attached hydrogens (tertiary/aromatic N) is 2. The number of anilines is 1. The SMILES string of the molecule is CN1C(=O)[C@H](N2CCOC2=O)Cc2cccc(Oc3cc(F)ccc3Cl)c21. The standard InChI is InChI=1S/C19H16ClFN2O4/c1-22-17-11(9-14(18(22)24)23-7-8-26-19(23)25)3-2-4-15(17)27-16-10-12(21)5-6-13(16)20/h2-6,10,14H,7-9H2,1H3/t14-/m1/s1. The maximum atomic E-state index is 13.5. The number of fused-ring (bicyclic) bond motifs is 1. The first-order chi connectivity index (χ1) is 13.0. The lowest BCUT2D eigenvalue weighted by atomic mass is 9.96. The van der Waals surface area contributed by atoms with Gasteiger partial charge >= 0.3 is 6.09 Å². The Hall–Kier alpha value is -2.80. The number of ether oxygens (including phenoxy) is 2. The van der Waals surface area contributed by atoms with Crippen LogP contribution in [0, 0.1) is 5.82 Å². The van der Waals surface area contributed by atoms with Crippen molar-refractivity contribution in [2.75, 3.05) is 25.1 Å². The highest BCUT2D eigenvalue weighted by Gasteiger charge is 2.41. The number of carbonyl (C=O) groups excluding carboxylic acids is 2. The summed E-state index contributed by atoms with van der Waals surface area (Å²) in [6, 6.07) is 8.56. The number of hydrogen-bond acceptors (Lipinski definition) is 4. The summed E-state index contributed by atoms with van der Waals surface area (Å²) in [5.41, 5.74) is 1.42. The van der Waals surface area contributed by atoms with Gasteiger partial charge < -0.3 is 14.4 Å². The molecule has 2 aliphatic rings. The quantitative estimate of drug-likeness (QED) is 0.803. The summed E-state index contributed by atoms with van der Waals surface area (Å²) in [7, 11) is 1.62. The van der Waals surface area contributed by atoms with Crippen LogP contribution >= 0.6 is 11.6 Å². The van der Waals surface area contributed by atoms with Gasteiger partial charge in [-0.05, 0) is 23.8 Å². The predicted octanol–water partition coefficient (Wildman–Crippen LogP) is 3.61. The van der Waals surface area contributed by atoms with Crippen molar-refractivity contribution in [2.45, 2.75) is 12.5 Å². The number of rotatable bonds is 3. The fourth-order valence-electron chi connectivity index (χ4n) is 3.43. The van der Waals surface area contributed by atoms with Crippen LogP contribution in [0.25, 0.3) is 0 Å². The number of para-hydroxylation sites is 1. The van der Waals surface area contributed by atoms with E-state index in [2.05, 4.69) is 0 Å². The second kappa shape index (κ2) is 6.74. The molecule has 0 saturated carbocycles. The van der Waals surface area contributed by atoms with Gasteiger partial charge in [-0.3, -0.25) is 9.69 Å². The molecule has 6 nitrogen and oxygen atoms in total. The molecule has 0 radical (unpaired) electrons. The van der Waals surface area contributed by atoms with E-state index in [0.29, 0.717) is 24.4 Å². The first-order valence-electron chi connectivity index (χ1n) is 8.41. The highest BCUT2D eigenvalue weighted by molar-refractivity contribution is 6.32. The van der Waals surface area contributed by atoms with E-state index in [4.69, 9.17) is 21.1 Å². The molecule has 0 aliphatic carbocycles. The molecule has 0 bridgehead atoms. The first-order valence-corrected chi connectivity index (χ1v) is 8.79. The van der Waals surface area contributed by atoms with E-state index in [-0.39, 0.29) is 23.3 Å². The van der Waals surface area contributed by atoms with Crippen LogP contribution in [0.4, 0.5) is 14.9 Å². The van der Waals surface area contributed by atoms with E-state index in [1.807, 2.05) is 6.07 Å². The van der Waals surface area contributed by atoms with Gasteiger partial charge in [0.25, 0.3) is 0 Å². The van der Waals surface area contributed by atoms with E-state index in [9.17, 15) is 14.0 Å². The number of carbonyl (C=O) groups is 2. The Morgan fingerprint density at radius 3 is 2.78 bits per heavy atom. The van der Waals surface area contributed by atoms with Crippen LogP contribution in [0.3, 0.4) is 0 Å². The number of halogens is 2. The van der Waals surface area contributed by atoms with Gasteiger partial charge in [-0.1, -0.05) is 23.7 Å². The zero-order chi connectivity index (χ0) is 19.1. The molecule has 1 saturated heterocycles. The Bertz CT molecular complexity index is 936. The van der Waals surface area contributed by atoms with Crippen molar-refractivity contribution < 1.29 is 23.5 Å². The maximum Gasteiger partial charge on any atom is 0.410 e. The highest BCUT2D eigenvalue weighted by atomic mass is 35.5. The largest absolute Gasteiger partial charge is 0.453 e. The van der Waals surface area contributed by atoms with Crippen molar-refractivity contribution in [3.05, 3.63) is 52.8 Å². The third-order valence-corrected chi connectivity index (χ3v) is 5.04. The molecule has 8 heteroatoms. The minimum atomic E-state index is -0.620. The molecule has 2 amide bonds. The molecule has 0 unspecified atom stereocenters. The van der Waals surface area contributed by atoms with Crippen molar-refractivity contribution in [1.82, 2.24) is 4.90 Å². The molecule has 2 aromatic carbocycles. The zero-order valence-corrected chi connectivity index (χ0v) is 15.2. The molecule has 4 rings (SSSR count). The highest BCUT2D eigenvalue weighted by Crippen LogP contribution is 2.41. The fourth-order valence-corrected chi connectivity index (χ4v) is 3.59. The molecule has 2 aliphatic heterocycles. The van der Waals surface area contributed by atoms with E-state index >= 15 is 0 Å². The van der Waals surface area contributed by atoms with Crippen molar-refractivity contribution in [1.29, 1.82) is 0 Å². The minimum absolute atomic E-state index is 0.163. The molecule has 2 aromatic rings. The lowest BCUT2D eigenvalue weighted by Gasteiger charge is -2.35. The fraction of sp³-hybridized carbons (Fsp3) is 0.263. The van der Waals surface area contributed by atoms with Crippen molar-refractivity contribution in [2.24, 2.45) is 0 Å². The van der Waals surface area contributed by atoms with Gasteiger partial charge in [-0.25, -0.2) is 9.18 Å². The van der Waals surface area contributed by atoms with Crippen molar-refractivity contribution in [3.63, 3.8) is 0 Å². The lowest BCUT2D eigenvalue weighted by Crippen LogP contribution is -2.52. The molecular formula is C19H16ClFN2O4.